The lowest BCUT2D eigenvalue weighted by Gasteiger charge is -2.38. The number of carbonyl (C=O) groups excluding carboxylic acids is 2. The van der Waals surface area contributed by atoms with E-state index in [0.29, 0.717) is 17.9 Å². The van der Waals surface area contributed by atoms with Crippen LogP contribution in [-0.2, 0) is 26.0 Å². The van der Waals surface area contributed by atoms with Gasteiger partial charge in [-0.15, -0.1) is 0 Å². The molecule has 8 heteroatoms. The molecule has 36 heavy (non-hydrogen) atoms. The molecular formula is C28H37N3O4S. The summed E-state index contributed by atoms with van der Waals surface area (Å²) in [5, 5.41) is 3.16. The van der Waals surface area contributed by atoms with Crippen molar-refractivity contribution in [1.82, 2.24) is 15.1 Å². The Morgan fingerprint density at radius 1 is 1.00 bits per heavy atom. The van der Waals surface area contributed by atoms with Crippen molar-refractivity contribution in [2.75, 3.05) is 32.4 Å². The quantitative estimate of drug-likeness (QED) is 0.556. The van der Waals surface area contributed by atoms with Crippen molar-refractivity contribution in [3.05, 3.63) is 65.7 Å². The first kappa shape index (κ1) is 26.4. The Kier molecular flexibility index (Phi) is 8.15. The van der Waals surface area contributed by atoms with Gasteiger partial charge in [-0.3, -0.25) is 9.59 Å². The largest absolute Gasteiger partial charge is 0.349 e. The maximum absolute atomic E-state index is 13.4. The minimum atomic E-state index is -3.22. The summed E-state index contributed by atoms with van der Waals surface area (Å²) in [5.41, 5.74) is 1.80. The molecule has 0 saturated carbocycles. The smallest absolute Gasteiger partial charge is 0.229 e. The van der Waals surface area contributed by atoms with E-state index in [1.54, 1.807) is 24.3 Å². The van der Waals surface area contributed by atoms with Crippen LogP contribution in [0.15, 0.2) is 59.5 Å². The van der Waals surface area contributed by atoms with Crippen LogP contribution in [0.3, 0.4) is 0 Å². The molecule has 1 atom stereocenters. The predicted octanol–water partition coefficient (Wildman–Crippen LogP) is 3.56. The molecule has 0 bridgehead atoms. The highest BCUT2D eigenvalue weighted by atomic mass is 32.2. The van der Waals surface area contributed by atoms with Gasteiger partial charge in [-0.1, -0.05) is 49.4 Å². The van der Waals surface area contributed by atoms with Gasteiger partial charge in [0.05, 0.1) is 16.4 Å². The Balaban J connectivity index is 1.30. The Morgan fingerprint density at radius 2 is 1.64 bits per heavy atom. The molecule has 0 aliphatic carbocycles. The van der Waals surface area contributed by atoms with Crippen molar-refractivity contribution in [1.29, 1.82) is 0 Å². The number of hydrogen-bond acceptors (Lipinski definition) is 5. The molecule has 194 valence electrons. The highest BCUT2D eigenvalue weighted by Crippen LogP contribution is 2.42. The van der Waals surface area contributed by atoms with Gasteiger partial charge >= 0.3 is 0 Å². The van der Waals surface area contributed by atoms with Crippen LogP contribution < -0.4 is 5.32 Å². The molecule has 2 amide bonds. The number of likely N-dealkylation sites (tertiary alicyclic amines) is 2. The van der Waals surface area contributed by atoms with E-state index in [0.717, 1.165) is 63.0 Å². The van der Waals surface area contributed by atoms with Gasteiger partial charge in [0.15, 0.2) is 9.84 Å². The number of piperidine rings is 1. The van der Waals surface area contributed by atoms with E-state index in [1.807, 2.05) is 30.0 Å². The van der Waals surface area contributed by atoms with E-state index in [9.17, 15) is 18.0 Å². The number of hydrogen-bond donors (Lipinski definition) is 1. The van der Waals surface area contributed by atoms with Crippen LogP contribution in [0, 0.1) is 5.41 Å². The van der Waals surface area contributed by atoms with Crippen molar-refractivity contribution in [3.63, 3.8) is 0 Å². The lowest BCUT2D eigenvalue weighted by Crippen LogP contribution is -2.45. The highest BCUT2D eigenvalue weighted by Gasteiger charge is 2.47. The molecule has 0 radical (unpaired) electrons. The van der Waals surface area contributed by atoms with E-state index in [1.165, 1.54) is 6.26 Å². The second kappa shape index (κ2) is 11.1. The fourth-order valence-electron chi connectivity index (χ4n) is 5.39. The zero-order chi connectivity index (χ0) is 25.8. The van der Waals surface area contributed by atoms with Crippen molar-refractivity contribution >= 4 is 21.7 Å². The van der Waals surface area contributed by atoms with E-state index < -0.39 is 9.84 Å². The Labute approximate surface area is 214 Å². The normalized spacial score (nSPS) is 18.9. The number of amides is 2. The molecule has 2 fully saturated rings. The van der Waals surface area contributed by atoms with Crippen LogP contribution in [-0.4, -0.2) is 62.5 Å². The summed E-state index contributed by atoms with van der Waals surface area (Å²) in [4.78, 5) is 30.1. The van der Waals surface area contributed by atoms with Crippen LogP contribution >= 0.6 is 0 Å². The fraction of sp³-hybridized carbons (Fsp3) is 0.500. The van der Waals surface area contributed by atoms with Crippen molar-refractivity contribution < 1.29 is 18.0 Å². The molecule has 2 aliphatic heterocycles. The molecule has 2 saturated heterocycles. The Morgan fingerprint density at radius 3 is 2.25 bits per heavy atom. The molecule has 1 spiro atoms. The van der Waals surface area contributed by atoms with Gasteiger partial charge in [-0.25, -0.2) is 8.42 Å². The number of rotatable bonds is 9. The monoisotopic (exact) mass is 511 g/mol. The maximum Gasteiger partial charge on any atom is 0.229 e. The Hall–Kier alpha value is -2.71. The molecule has 0 aromatic heterocycles. The summed E-state index contributed by atoms with van der Waals surface area (Å²) >= 11 is 0. The summed E-state index contributed by atoms with van der Waals surface area (Å²) in [6.45, 7) is 5.77. The van der Waals surface area contributed by atoms with Gasteiger partial charge in [-0.2, -0.15) is 0 Å². The summed E-state index contributed by atoms with van der Waals surface area (Å²) in [6.07, 6.45) is 5.09. The second-order valence-corrected chi connectivity index (χ2v) is 12.2. The first-order valence-electron chi connectivity index (χ1n) is 12.9. The number of benzene rings is 2. The molecular weight excluding hydrogens is 474 g/mol. The topological polar surface area (TPSA) is 86.8 Å². The highest BCUT2D eigenvalue weighted by molar-refractivity contribution is 7.90. The standard InChI is InChI=1S/C28H37N3O4S/c1-3-26(32)29-25(23-7-5-4-6-8-23)13-17-30-18-14-28(15-19-30)16-20-31(27(28)33)21-22-9-11-24(12-10-22)36(2,34)35/h4-12,25H,3,13-21H2,1-2H3,(H,29,32). The van der Waals surface area contributed by atoms with E-state index >= 15 is 0 Å². The van der Waals surface area contributed by atoms with Gasteiger partial charge in [-0.05, 0) is 62.0 Å². The lowest BCUT2D eigenvalue weighted by molar-refractivity contribution is -0.139. The van der Waals surface area contributed by atoms with Crippen LogP contribution in [0.25, 0.3) is 0 Å². The van der Waals surface area contributed by atoms with E-state index in [2.05, 4.69) is 22.3 Å². The van der Waals surface area contributed by atoms with Crippen LogP contribution in [0.1, 0.15) is 56.2 Å². The Bertz CT molecular complexity index is 1160. The third kappa shape index (κ3) is 6.16. The number of nitrogens with one attached hydrogen (secondary N) is 1. The van der Waals surface area contributed by atoms with E-state index in [-0.39, 0.29) is 23.3 Å². The molecule has 2 aromatic rings. The summed E-state index contributed by atoms with van der Waals surface area (Å²) < 4.78 is 23.4. The minimum absolute atomic E-state index is 0.00720. The lowest BCUT2D eigenvalue weighted by atomic mass is 9.77. The van der Waals surface area contributed by atoms with E-state index in [4.69, 9.17) is 0 Å². The fourth-order valence-corrected chi connectivity index (χ4v) is 6.02. The summed E-state index contributed by atoms with van der Waals surface area (Å²) in [5.74, 6) is 0.288. The number of carbonyl (C=O) groups is 2. The van der Waals surface area contributed by atoms with Gasteiger partial charge in [0.2, 0.25) is 11.8 Å². The maximum atomic E-state index is 13.4. The SMILES string of the molecule is CCC(=O)NC(CCN1CCC2(CC1)CCN(Cc1ccc(S(C)(=O)=O)cc1)C2=O)c1ccccc1. The van der Waals surface area contributed by atoms with Gasteiger partial charge in [0.1, 0.15) is 0 Å². The van der Waals surface area contributed by atoms with Crippen LogP contribution in [0.4, 0.5) is 0 Å². The summed E-state index contributed by atoms with van der Waals surface area (Å²) in [7, 11) is -3.22. The first-order valence-corrected chi connectivity index (χ1v) is 14.7. The average molecular weight is 512 g/mol. The van der Waals surface area contributed by atoms with Crippen molar-refractivity contribution in [2.24, 2.45) is 5.41 Å². The molecule has 4 rings (SSSR count). The van der Waals surface area contributed by atoms with Crippen molar-refractivity contribution in [3.8, 4) is 0 Å². The number of sulfone groups is 1. The molecule has 2 heterocycles. The summed E-state index contributed by atoms with van der Waals surface area (Å²) in [6, 6.07) is 16.9. The zero-order valence-corrected chi connectivity index (χ0v) is 22.1. The number of nitrogens with zero attached hydrogens (tertiary/aromatic N) is 2. The molecule has 1 N–H and O–H groups in total. The molecule has 1 unspecified atom stereocenters. The van der Waals surface area contributed by atoms with Gasteiger partial charge in [0.25, 0.3) is 0 Å². The average Bonchev–Trinajstić information content (AvgIpc) is 3.17. The van der Waals surface area contributed by atoms with Crippen molar-refractivity contribution in [2.45, 2.75) is 56.5 Å². The third-order valence-corrected chi connectivity index (χ3v) is 8.86. The predicted molar refractivity (Wildman–Crippen MR) is 140 cm³/mol. The zero-order valence-electron chi connectivity index (χ0n) is 21.3. The van der Waals surface area contributed by atoms with Crippen LogP contribution in [0.2, 0.25) is 0 Å². The molecule has 7 nitrogen and oxygen atoms in total. The third-order valence-electron chi connectivity index (χ3n) is 7.73. The van der Waals surface area contributed by atoms with Gasteiger partial charge in [0, 0.05) is 32.3 Å². The minimum Gasteiger partial charge on any atom is -0.349 e. The molecule has 2 aromatic carbocycles. The van der Waals surface area contributed by atoms with Gasteiger partial charge < -0.3 is 15.1 Å². The first-order chi connectivity index (χ1) is 17.2. The molecule has 2 aliphatic rings. The van der Waals surface area contributed by atoms with Crippen LogP contribution in [0.5, 0.6) is 0 Å². The second-order valence-electron chi connectivity index (χ2n) is 10.2.